The quantitative estimate of drug-likeness (QED) is 0.674. The average molecular weight is 168 g/mol. The molecule has 0 N–H and O–H groups in total. The van der Waals surface area contributed by atoms with Gasteiger partial charge in [0.25, 0.3) is 0 Å². The van der Waals surface area contributed by atoms with E-state index in [1.54, 1.807) is 6.07 Å². The summed E-state index contributed by atoms with van der Waals surface area (Å²) in [6.45, 7) is 4.50. The second-order valence-electron chi connectivity index (χ2n) is 2.54. The highest BCUT2D eigenvalue weighted by Crippen LogP contribution is 2.20. The second-order valence-corrected chi connectivity index (χ2v) is 2.54. The Balaban J connectivity index is 2.95. The first kappa shape index (κ1) is 9.04. The molecule has 0 heterocycles. The number of halogens is 1. The van der Waals surface area contributed by atoms with Gasteiger partial charge in [-0.1, -0.05) is 13.0 Å². The second kappa shape index (κ2) is 4.10. The molecule has 0 spiro atoms. The molecule has 0 aliphatic rings. The average Bonchev–Trinajstić information content (AvgIpc) is 2.05. The smallest absolute Gasteiger partial charge is 0.126 e. The van der Waals surface area contributed by atoms with Crippen molar-refractivity contribution in [2.75, 3.05) is 6.61 Å². The monoisotopic (exact) mass is 168 g/mol. The van der Waals surface area contributed by atoms with Crippen LogP contribution in [0.15, 0.2) is 18.2 Å². The summed E-state index contributed by atoms with van der Waals surface area (Å²) in [6, 6.07) is 4.66. The Bertz CT molecular complexity index is 258. The molecule has 0 fully saturated rings. The summed E-state index contributed by atoms with van der Waals surface area (Å²) >= 11 is 0. The van der Waals surface area contributed by atoms with Crippen LogP contribution in [0, 0.1) is 5.82 Å². The Labute approximate surface area is 72.2 Å². The molecule has 66 valence electrons. The highest BCUT2D eigenvalue weighted by Gasteiger charge is 2.01. The van der Waals surface area contributed by atoms with Gasteiger partial charge in [0.1, 0.15) is 11.6 Å². The van der Waals surface area contributed by atoms with E-state index in [4.69, 9.17) is 4.74 Å². The molecule has 0 atom stereocenters. The number of ether oxygens (including phenoxy) is 1. The summed E-state index contributed by atoms with van der Waals surface area (Å²) in [4.78, 5) is 0. The fourth-order valence-corrected chi connectivity index (χ4v) is 1.11. The van der Waals surface area contributed by atoms with Gasteiger partial charge in [-0.15, -0.1) is 0 Å². The van der Waals surface area contributed by atoms with Gasteiger partial charge in [0.2, 0.25) is 0 Å². The third-order valence-electron chi connectivity index (χ3n) is 1.71. The van der Waals surface area contributed by atoms with E-state index in [9.17, 15) is 4.39 Å². The van der Waals surface area contributed by atoms with Gasteiger partial charge in [-0.05, 0) is 25.0 Å². The number of aryl methyl sites for hydroxylation is 1. The highest BCUT2D eigenvalue weighted by molar-refractivity contribution is 5.33. The van der Waals surface area contributed by atoms with Gasteiger partial charge in [0.15, 0.2) is 0 Å². The van der Waals surface area contributed by atoms with Gasteiger partial charge < -0.3 is 4.74 Å². The molecule has 1 aromatic rings. The van der Waals surface area contributed by atoms with E-state index in [1.165, 1.54) is 12.1 Å². The Kier molecular flexibility index (Phi) is 3.09. The maximum atomic E-state index is 12.7. The van der Waals surface area contributed by atoms with Gasteiger partial charge >= 0.3 is 0 Å². The van der Waals surface area contributed by atoms with Gasteiger partial charge in [-0.25, -0.2) is 4.39 Å². The molecule has 0 amide bonds. The van der Waals surface area contributed by atoms with Crippen molar-refractivity contribution in [2.45, 2.75) is 20.3 Å². The summed E-state index contributed by atoms with van der Waals surface area (Å²) in [5.41, 5.74) is 1.05. The molecule has 1 rings (SSSR count). The van der Waals surface area contributed by atoms with Crippen molar-refractivity contribution in [3.05, 3.63) is 29.6 Å². The van der Waals surface area contributed by atoms with Crippen molar-refractivity contribution >= 4 is 0 Å². The Morgan fingerprint density at radius 2 is 2.08 bits per heavy atom. The van der Waals surface area contributed by atoms with Crippen LogP contribution in [0.1, 0.15) is 19.4 Å². The maximum absolute atomic E-state index is 12.7. The minimum atomic E-state index is -0.240. The van der Waals surface area contributed by atoms with E-state index in [1.807, 2.05) is 13.8 Å². The number of rotatable bonds is 3. The van der Waals surface area contributed by atoms with Crippen molar-refractivity contribution in [1.29, 1.82) is 0 Å². The van der Waals surface area contributed by atoms with Crippen LogP contribution >= 0.6 is 0 Å². The van der Waals surface area contributed by atoms with E-state index < -0.39 is 0 Å². The minimum absolute atomic E-state index is 0.240. The molecule has 2 heteroatoms. The van der Waals surface area contributed by atoms with Crippen LogP contribution in [-0.2, 0) is 6.42 Å². The topological polar surface area (TPSA) is 9.23 Å². The number of hydrogen-bond acceptors (Lipinski definition) is 1. The molecular weight excluding hydrogens is 155 g/mol. The first-order valence-corrected chi connectivity index (χ1v) is 4.19. The van der Waals surface area contributed by atoms with Crippen molar-refractivity contribution in [1.82, 2.24) is 0 Å². The standard InChI is InChI=1S/C10H13FO/c1-3-8-5-6-9(11)7-10(8)12-4-2/h5-7H,3-4H2,1-2H3. The van der Waals surface area contributed by atoms with Crippen molar-refractivity contribution < 1.29 is 9.13 Å². The van der Waals surface area contributed by atoms with Crippen LogP contribution in [-0.4, -0.2) is 6.61 Å². The predicted octanol–water partition coefficient (Wildman–Crippen LogP) is 2.79. The van der Waals surface area contributed by atoms with Crippen molar-refractivity contribution in [3.63, 3.8) is 0 Å². The molecule has 1 aromatic carbocycles. The summed E-state index contributed by atoms with van der Waals surface area (Å²) in [7, 11) is 0. The fourth-order valence-electron chi connectivity index (χ4n) is 1.11. The third-order valence-corrected chi connectivity index (χ3v) is 1.71. The molecule has 0 aliphatic heterocycles. The summed E-state index contributed by atoms with van der Waals surface area (Å²) in [5, 5.41) is 0. The van der Waals surface area contributed by atoms with Gasteiger partial charge in [-0.2, -0.15) is 0 Å². The van der Waals surface area contributed by atoms with E-state index >= 15 is 0 Å². The maximum Gasteiger partial charge on any atom is 0.126 e. The van der Waals surface area contributed by atoms with E-state index in [2.05, 4.69) is 0 Å². The largest absolute Gasteiger partial charge is 0.493 e. The molecule has 0 saturated heterocycles. The van der Waals surface area contributed by atoms with E-state index in [0.29, 0.717) is 12.4 Å². The zero-order valence-electron chi connectivity index (χ0n) is 7.43. The van der Waals surface area contributed by atoms with E-state index in [-0.39, 0.29) is 5.82 Å². The molecule has 12 heavy (non-hydrogen) atoms. The molecule has 1 nitrogen and oxygen atoms in total. The minimum Gasteiger partial charge on any atom is -0.493 e. The summed E-state index contributed by atoms with van der Waals surface area (Å²) in [6.07, 6.45) is 0.871. The van der Waals surface area contributed by atoms with Crippen LogP contribution in [0.2, 0.25) is 0 Å². The molecule has 0 saturated carbocycles. The third kappa shape index (κ3) is 1.97. The molecule has 0 radical (unpaired) electrons. The zero-order chi connectivity index (χ0) is 8.97. The van der Waals surface area contributed by atoms with Crippen molar-refractivity contribution in [3.8, 4) is 5.75 Å². The van der Waals surface area contributed by atoms with Crippen LogP contribution < -0.4 is 4.74 Å². The summed E-state index contributed by atoms with van der Waals surface area (Å²) in [5.74, 6) is 0.427. The van der Waals surface area contributed by atoms with Crippen LogP contribution in [0.25, 0.3) is 0 Å². The molecular formula is C10H13FO. The lowest BCUT2D eigenvalue weighted by Gasteiger charge is -2.07. The Morgan fingerprint density at radius 3 is 2.67 bits per heavy atom. The lowest BCUT2D eigenvalue weighted by atomic mass is 10.1. The fraction of sp³-hybridized carbons (Fsp3) is 0.400. The zero-order valence-corrected chi connectivity index (χ0v) is 7.43. The molecule has 0 aliphatic carbocycles. The normalized spacial score (nSPS) is 9.92. The molecule has 0 unspecified atom stereocenters. The van der Waals surface area contributed by atoms with Gasteiger partial charge in [0, 0.05) is 6.07 Å². The molecule has 0 aromatic heterocycles. The number of hydrogen-bond donors (Lipinski definition) is 0. The molecule has 0 bridgehead atoms. The van der Waals surface area contributed by atoms with Gasteiger partial charge in [0.05, 0.1) is 6.61 Å². The Morgan fingerprint density at radius 1 is 1.33 bits per heavy atom. The van der Waals surface area contributed by atoms with Crippen LogP contribution in [0.4, 0.5) is 4.39 Å². The predicted molar refractivity (Wildman–Crippen MR) is 46.9 cm³/mol. The van der Waals surface area contributed by atoms with E-state index in [0.717, 1.165) is 12.0 Å². The summed E-state index contributed by atoms with van der Waals surface area (Å²) < 4.78 is 18.0. The lowest BCUT2D eigenvalue weighted by Crippen LogP contribution is -1.96. The van der Waals surface area contributed by atoms with Crippen LogP contribution in [0.5, 0.6) is 5.75 Å². The lowest BCUT2D eigenvalue weighted by molar-refractivity contribution is 0.335. The number of benzene rings is 1. The Hall–Kier alpha value is -1.05. The SMILES string of the molecule is CCOc1cc(F)ccc1CC. The van der Waals surface area contributed by atoms with Crippen LogP contribution in [0.3, 0.4) is 0 Å². The first-order valence-electron chi connectivity index (χ1n) is 4.19. The first-order chi connectivity index (χ1) is 5.77. The van der Waals surface area contributed by atoms with Gasteiger partial charge in [-0.3, -0.25) is 0 Å². The van der Waals surface area contributed by atoms with Crippen molar-refractivity contribution in [2.24, 2.45) is 0 Å². The highest BCUT2D eigenvalue weighted by atomic mass is 19.1.